The largest absolute Gasteiger partial charge is 0.490 e. The van der Waals surface area contributed by atoms with Crippen LogP contribution in [0.1, 0.15) is 16.1 Å². The Balaban J connectivity index is 3.30. The molecule has 7 heteroatoms. The highest BCUT2D eigenvalue weighted by atomic mass is 16.4. The first-order valence-corrected chi connectivity index (χ1v) is 3.55. The molecule has 0 unspecified atom stereocenters. The van der Waals surface area contributed by atoms with Crippen molar-refractivity contribution in [2.75, 3.05) is 0 Å². The number of nitriles is 1. The minimum Gasteiger partial charge on any atom is -0.478 e. The number of aromatic nitrogens is 1. The van der Waals surface area contributed by atoms with Crippen molar-refractivity contribution in [3.63, 3.8) is 0 Å². The van der Waals surface area contributed by atoms with Crippen molar-refractivity contribution in [1.82, 2.24) is 4.98 Å². The highest BCUT2D eigenvalue weighted by Crippen LogP contribution is 2.02. The molecule has 1 aromatic rings. The van der Waals surface area contributed by atoms with Crippen LogP contribution in [0.15, 0.2) is 12.3 Å². The van der Waals surface area contributed by atoms with Crippen molar-refractivity contribution in [1.29, 1.82) is 5.26 Å². The Morgan fingerprint density at radius 2 is 2.21 bits per heavy atom. The fourth-order valence-electron chi connectivity index (χ4n) is 0.874. The van der Waals surface area contributed by atoms with Crippen LogP contribution in [0, 0.1) is 11.3 Å². The number of pyridine rings is 1. The molecular weight excluding hydrogens is 187 g/mol. The Hall–Kier alpha value is -1.91. The van der Waals surface area contributed by atoms with Crippen LogP contribution >= 0.6 is 0 Å². The molecule has 0 atom stereocenters. The lowest BCUT2D eigenvalue weighted by Crippen LogP contribution is -2.31. The van der Waals surface area contributed by atoms with E-state index in [1.165, 1.54) is 0 Å². The second-order valence-electron chi connectivity index (χ2n) is 2.46. The minimum absolute atomic E-state index is 0.0681. The normalized spacial score (nSPS) is 9.21. The van der Waals surface area contributed by atoms with Gasteiger partial charge in [0.05, 0.1) is 5.56 Å². The van der Waals surface area contributed by atoms with Gasteiger partial charge in [-0.05, 0) is 6.07 Å². The van der Waals surface area contributed by atoms with Gasteiger partial charge in [0.2, 0.25) is 0 Å². The van der Waals surface area contributed by atoms with Gasteiger partial charge >= 0.3 is 13.1 Å². The molecular formula is C7H5BN2O4. The van der Waals surface area contributed by atoms with E-state index < -0.39 is 13.1 Å². The van der Waals surface area contributed by atoms with E-state index >= 15 is 0 Å². The second kappa shape index (κ2) is 3.87. The molecule has 0 aliphatic rings. The molecule has 0 aliphatic heterocycles. The lowest BCUT2D eigenvalue weighted by molar-refractivity contribution is 0.0696. The Labute approximate surface area is 79.2 Å². The van der Waals surface area contributed by atoms with Gasteiger partial charge in [0.15, 0.2) is 5.69 Å². The molecule has 6 nitrogen and oxygen atoms in total. The zero-order valence-electron chi connectivity index (χ0n) is 6.88. The minimum atomic E-state index is -1.80. The molecule has 1 rings (SSSR count). The molecule has 70 valence electrons. The molecule has 0 aliphatic carbocycles. The molecule has 0 aromatic carbocycles. The van der Waals surface area contributed by atoms with Crippen molar-refractivity contribution >= 4 is 18.6 Å². The van der Waals surface area contributed by atoms with E-state index in [2.05, 4.69) is 4.98 Å². The molecule has 1 aromatic heterocycles. The number of rotatable bonds is 2. The lowest BCUT2D eigenvalue weighted by Gasteiger charge is -2.01. The molecule has 0 radical (unpaired) electrons. The maximum Gasteiger partial charge on any atom is 0.490 e. The van der Waals surface area contributed by atoms with Crippen LogP contribution in [0.4, 0.5) is 0 Å². The maximum atomic E-state index is 10.6. The highest BCUT2D eigenvalue weighted by Gasteiger charge is 2.17. The van der Waals surface area contributed by atoms with Gasteiger partial charge in [0.25, 0.3) is 0 Å². The molecule has 0 spiro atoms. The molecule has 14 heavy (non-hydrogen) atoms. The van der Waals surface area contributed by atoms with E-state index in [1.807, 2.05) is 0 Å². The van der Waals surface area contributed by atoms with Gasteiger partial charge in [0.1, 0.15) is 6.07 Å². The summed E-state index contributed by atoms with van der Waals surface area (Å²) in [6.07, 6.45) is 1.04. The van der Waals surface area contributed by atoms with E-state index in [-0.39, 0.29) is 16.7 Å². The average molecular weight is 192 g/mol. The van der Waals surface area contributed by atoms with Crippen molar-refractivity contribution in [3.8, 4) is 6.07 Å². The van der Waals surface area contributed by atoms with Crippen molar-refractivity contribution in [3.05, 3.63) is 23.5 Å². The lowest BCUT2D eigenvalue weighted by atomic mass is 9.81. The van der Waals surface area contributed by atoms with E-state index in [0.29, 0.717) is 0 Å². The highest BCUT2D eigenvalue weighted by molar-refractivity contribution is 6.58. The molecule has 0 bridgehead atoms. The number of carbonyl (C=O) groups is 1. The summed E-state index contributed by atoms with van der Waals surface area (Å²) >= 11 is 0. The third-order valence-corrected chi connectivity index (χ3v) is 1.54. The first kappa shape index (κ1) is 10.2. The fraction of sp³-hybridized carbons (Fsp3) is 0. The monoisotopic (exact) mass is 192 g/mol. The fourth-order valence-corrected chi connectivity index (χ4v) is 0.874. The summed E-state index contributed by atoms with van der Waals surface area (Å²) in [5.41, 5.74) is -0.679. The van der Waals surface area contributed by atoms with E-state index in [9.17, 15) is 4.79 Å². The van der Waals surface area contributed by atoms with E-state index in [0.717, 1.165) is 12.3 Å². The predicted octanol–water partition coefficient (Wildman–Crippen LogP) is -1.67. The number of nitrogens with zero attached hydrogens (tertiary/aromatic N) is 2. The van der Waals surface area contributed by atoms with Crippen LogP contribution in [0.25, 0.3) is 0 Å². The van der Waals surface area contributed by atoms with Crippen LogP contribution in [0.3, 0.4) is 0 Å². The van der Waals surface area contributed by atoms with Gasteiger partial charge in [-0.2, -0.15) is 5.26 Å². The Kier molecular flexibility index (Phi) is 2.81. The van der Waals surface area contributed by atoms with Gasteiger partial charge in [0, 0.05) is 11.7 Å². The summed E-state index contributed by atoms with van der Waals surface area (Å²) in [4.78, 5) is 14.1. The number of aromatic carboxylic acids is 1. The van der Waals surface area contributed by atoms with Crippen molar-refractivity contribution in [2.45, 2.75) is 0 Å². The average Bonchev–Trinajstić information content (AvgIpc) is 2.16. The standard InChI is InChI=1S/C7H5BN2O4/c9-2-6-5(7(11)12)1-4(3-10-6)8(13)14/h1,3,13-14H,(H,11,12). The van der Waals surface area contributed by atoms with Crippen LogP contribution in [-0.2, 0) is 0 Å². The summed E-state index contributed by atoms with van der Waals surface area (Å²) in [6.45, 7) is 0. The van der Waals surface area contributed by atoms with Gasteiger partial charge in [-0.15, -0.1) is 0 Å². The summed E-state index contributed by atoms with van der Waals surface area (Å²) in [5, 5.41) is 34.6. The van der Waals surface area contributed by atoms with Crippen molar-refractivity contribution < 1.29 is 19.9 Å². The molecule has 1 heterocycles. The number of hydrogen-bond acceptors (Lipinski definition) is 5. The number of carboxylic acid groups (broad SMARTS) is 1. The third kappa shape index (κ3) is 1.88. The topological polar surface area (TPSA) is 114 Å². The smallest absolute Gasteiger partial charge is 0.478 e. The number of carboxylic acids is 1. The van der Waals surface area contributed by atoms with Gasteiger partial charge in [-0.25, -0.2) is 9.78 Å². The van der Waals surface area contributed by atoms with Crippen LogP contribution in [-0.4, -0.2) is 33.2 Å². The zero-order chi connectivity index (χ0) is 10.7. The molecule has 0 amide bonds. The second-order valence-corrected chi connectivity index (χ2v) is 2.46. The number of hydrogen-bond donors (Lipinski definition) is 3. The van der Waals surface area contributed by atoms with Crippen LogP contribution in [0.5, 0.6) is 0 Å². The predicted molar refractivity (Wildman–Crippen MR) is 45.7 cm³/mol. The van der Waals surface area contributed by atoms with E-state index in [4.69, 9.17) is 20.4 Å². The van der Waals surface area contributed by atoms with Crippen molar-refractivity contribution in [2.24, 2.45) is 0 Å². The Morgan fingerprint density at radius 1 is 1.57 bits per heavy atom. The molecule has 0 fully saturated rings. The first-order chi connectivity index (χ1) is 6.56. The molecule has 3 N–H and O–H groups in total. The van der Waals surface area contributed by atoms with Gasteiger partial charge < -0.3 is 15.2 Å². The Bertz CT molecular complexity index is 413. The summed E-state index contributed by atoms with van der Waals surface area (Å²) in [6, 6.07) is 2.59. The van der Waals surface area contributed by atoms with Gasteiger partial charge in [-0.3, -0.25) is 0 Å². The molecule has 0 saturated heterocycles. The van der Waals surface area contributed by atoms with Crippen LogP contribution in [0.2, 0.25) is 0 Å². The SMILES string of the molecule is N#Cc1ncc(B(O)O)cc1C(=O)O. The summed E-state index contributed by atoms with van der Waals surface area (Å²) in [5.74, 6) is -1.34. The Morgan fingerprint density at radius 3 is 2.64 bits per heavy atom. The quantitative estimate of drug-likeness (QED) is 0.482. The summed E-state index contributed by atoms with van der Waals surface area (Å²) in [7, 11) is -1.80. The molecule has 0 saturated carbocycles. The van der Waals surface area contributed by atoms with E-state index in [1.54, 1.807) is 6.07 Å². The van der Waals surface area contributed by atoms with Crippen LogP contribution < -0.4 is 5.46 Å². The maximum absolute atomic E-state index is 10.6. The van der Waals surface area contributed by atoms with Gasteiger partial charge in [-0.1, -0.05) is 0 Å². The third-order valence-electron chi connectivity index (χ3n) is 1.54. The first-order valence-electron chi connectivity index (χ1n) is 3.55. The zero-order valence-corrected chi connectivity index (χ0v) is 6.88. The summed E-state index contributed by atoms with van der Waals surface area (Å²) < 4.78 is 0.